The summed E-state index contributed by atoms with van der Waals surface area (Å²) in [5.41, 5.74) is -5.38. The predicted molar refractivity (Wildman–Crippen MR) is 93.4 cm³/mol. The standard InChI is InChI=1S/C16H22F6N3O4P/c1-5-28-30(27,29-6-2)13(3,4)25-14(15(17,18)19,16(20,21)22)24-12(26)11-8-7-9-23-10-11/h7-10,25H,5-6H2,1-4H3,(H,24,26)/p+1. The zero-order valence-electron chi connectivity index (χ0n) is 16.6. The van der Waals surface area contributed by atoms with Crippen molar-refractivity contribution in [1.82, 2.24) is 10.3 Å². The molecule has 1 amide bonds. The number of nitrogens with one attached hydrogen (secondary N) is 1. The van der Waals surface area contributed by atoms with Crippen LogP contribution in [-0.4, -0.2) is 47.4 Å². The zero-order valence-corrected chi connectivity index (χ0v) is 17.5. The van der Waals surface area contributed by atoms with Gasteiger partial charge in [0.1, 0.15) is 0 Å². The molecule has 172 valence electrons. The van der Waals surface area contributed by atoms with E-state index >= 15 is 0 Å². The molecule has 0 aliphatic carbocycles. The summed E-state index contributed by atoms with van der Waals surface area (Å²) in [6.07, 6.45) is -10.1. The van der Waals surface area contributed by atoms with Crippen LogP contribution < -0.4 is 10.6 Å². The van der Waals surface area contributed by atoms with Crippen molar-refractivity contribution in [2.75, 3.05) is 13.2 Å². The van der Waals surface area contributed by atoms with Crippen molar-refractivity contribution in [2.45, 2.75) is 51.0 Å². The maximum atomic E-state index is 13.9. The summed E-state index contributed by atoms with van der Waals surface area (Å²) in [6, 6.07) is 2.17. The number of carbonyl (C=O) groups excluding carboxylic acids is 1. The number of amides is 1. The monoisotopic (exact) mass is 466 g/mol. The highest BCUT2D eigenvalue weighted by atomic mass is 31.2. The summed E-state index contributed by atoms with van der Waals surface area (Å²) in [6.45, 7) is 3.83. The van der Waals surface area contributed by atoms with Crippen molar-refractivity contribution >= 4 is 13.5 Å². The molecule has 1 aromatic heterocycles. The van der Waals surface area contributed by atoms with Gasteiger partial charge in [0.25, 0.3) is 5.91 Å². The minimum Gasteiger partial charge on any atom is -0.305 e. The van der Waals surface area contributed by atoms with Crippen molar-refractivity contribution in [2.24, 2.45) is 0 Å². The summed E-state index contributed by atoms with van der Waals surface area (Å²) in [7, 11) is -4.49. The summed E-state index contributed by atoms with van der Waals surface area (Å²) in [5, 5.41) is -1.65. The highest BCUT2D eigenvalue weighted by molar-refractivity contribution is 7.55. The zero-order chi connectivity index (χ0) is 23.4. The SMILES string of the molecule is CCOP(=O)(OCC)C(C)(C)[NH2+]C(NC(=O)c1cccnc1)(C(F)(F)F)C(F)(F)F. The molecule has 0 saturated heterocycles. The lowest BCUT2D eigenvalue weighted by molar-refractivity contribution is -0.816. The Balaban J connectivity index is 3.57. The molecule has 7 nitrogen and oxygen atoms in total. The first-order valence-electron chi connectivity index (χ1n) is 8.69. The Kier molecular flexibility index (Phi) is 8.09. The van der Waals surface area contributed by atoms with Gasteiger partial charge in [0.2, 0.25) is 0 Å². The molecule has 30 heavy (non-hydrogen) atoms. The molecule has 14 heteroatoms. The lowest BCUT2D eigenvalue weighted by Crippen LogP contribution is -3.13. The van der Waals surface area contributed by atoms with Crippen molar-refractivity contribution in [3.63, 3.8) is 0 Å². The lowest BCUT2D eigenvalue weighted by atomic mass is 10.1. The number of hydrogen-bond acceptors (Lipinski definition) is 5. The topological polar surface area (TPSA) is 94.1 Å². The predicted octanol–water partition coefficient (Wildman–Crippen LogP) is 3.20. The van der Waals surface area contributed by atoms with Gasteiger partial charge < -0.3 is 9.05 Å². The molecule has 0 saturated carbocycles. The Morgan fingerprint density at radius 2 is 1.60 bits per heavy atom. The number of rotatable bonds is 9. The molecule has 0 bridgehead atoms. The average molecular weight is 466 g/mol. The van der Waals surface area contributed by atoms with Crippen molar-refractivity contribution in [3.05, 3.63) is 30.1 Å². The van der Waals surface area contributed by atoms with E-state index in [4.69, 9.17) is 9.05 Å². The molecule has 0 aliphatic rings. The van der Waals surface area contributed by atoms with Crippen LogP contribution in [0.2, 0.25) is 0 Å². The summed E-state index contributed by atoms with van der Waals surface area (Å²) >= 11 is 0. The van der Waals surface area contributed by atoms with Gasteiger partial charge in [0, 0.05) is 26.2 Å². The van der Waals surface area contributed by atoms with E-state index in [1.807, 2.05) is 0 Å². The summed E-state index contributed by atoms with van der Waals surface area (Å²) in [4.78, 5) is 15.7. The normalized spacial score (nSPS) is 13.9. The van der Waals surface area contributed by atoms with Crippen LogP contribution in [0.25, 0.3) is 0 Å². The first kappa shape index (κ1) is 26.3. The van der Waals surface area contributed by atoms with Crippen molar-refractivity contribution in [1.29, 1.82) is 0 Å². The lowest BCUT2D eigenvalue weighted by Gasteiger charge is -2.41. The van der Waals surface area contributed by atoms with Gasteiger partial charge in [0.15, 0.2) is 5.28 Å². The van der Waals surface area contributed by atoms with E-state index in [9.17, 15) is 35.7 Å². The smallest absolute Gasteiger partial charge is 0.305 e. The third-order valence-corrected chi connectivity index (χ3v) is 6.74. The second-order valence-electron chi connectivity index (χ2n) is 6.63. The number of nitrogens with two attached hydrogens (primary N) is 1. The maximum absolute atomic E-state index is 13.9. The molecule has 1 heterocycles. The largest absolute Gasteiger partial charge is 0.475 e. The minimum atomic E-state index is -6.04. The van der Waals surface area contributed by atoms with Gasteiger partial charge >= 0.3 is 25.6 Å². The number of alkyl halides is 6. The number of halogens is 6. The first-order valence-corrected chi connectivity index (χ1v) is 10.2. The molecule has 0 unspecified atom stereocenters. The number of aromatic nitrogens is 1. The Morgan fingerprint density at radius 1 is 1.10 bits per heavy atom. The van der Waals surface area contributed by atoms with E-state index in [-0.39, 0.29) is 18.5 Å². The Morgan fingerprint density at radius 3 is 1.97 bits per heavy atom. The van der Waals surface area contributed by atoms with Gasteiger partial charge in [-0.1, -0.05) is 0 Å². The molecular weight excluding hydrogens is 443 g/mol. The van der Waals surface area contributed by atoms with Gasteiger partial charge in [-0.25, -0.2) is 0 Å². The fraction of sp³-hybridized carbons (Fsp3) is 0.625. The Hall–Kier alpha value is -1.69. The van der Waals surface area contributed by atoms with Crippen molar-refractivity contribution < 1.29 is 50.1 Å². The fourth-order valence-corrected chi connectivity index (χ4v) is 4.34. The molecule has 1 aromatic rings. The van der Waals surface area contributed by atoms with E-state index in [1.54, 1.807) is 0 Å². The second kappa shape index (κ2) is 9.21. The van der Waals surface area contributed by atoms with Crippen LogP contribution in [-0.2, 0) is 13.6 Å². The molecular formula is C16H23F6N3O4P+. The fourth-order valence-electron chi connectivity index (χ4n) is 2.57. The molecule has 3 N–H and O–H groups in total. The van der Waals surface area contributed by atoms with E-state index < -0.39 is 42.4 Å². The first-order chi connectivity index (χ1) is 13.6. The number of hydrogen-bond donors (Lipinski definition) is 2. The highest BCUT2D eigenvalue weighted by Crippen LogP contribution is 2.57. The van der Waals surface area contributed by atoms with Gasteiger partial charge in [-0.3, -0.25) is 25.0 Å². The van der Waals surface area contributed by atoms with Crippen LogP contribution in [0.1, 0.15) is 38.1 Å². The quantitative estimate of drug-likeness (QED) is 0.331. The molecule has 0 aliphatic heterocycles. The summed E-state index contributed by atoms with van der Waals surface area (Å²) in [5.74, 6) is -1.67. The number of quaternary nitrogens is 1. The van der Waals surface area contributed by atoms with E-state index in [0.717, 1.165) is 31.4 Å². The van der Waals surface area contributed by atoms with Crippen LogP contribution >= 0.6 is 7.60 Å². The van der Waals surface area contributed by atoms with Crippen LogP contribution in [0.3, 0.4) is 0 Å². The van der Waals surface area contributed by atoms with E-state index in [2.05, 4.69) is 4.98 Å². The molecule has 0 fully saturated rings. The van der Waals surface area contributed by atoms with Crippen molar-refractivity contribution in [3.8, 4) is 0 Å². The molecule has 0 spiro atoms. The Bertz CT molecular complexity index is 746. The van der Waals surface area contributed by atoms with Gasteiger partial charge in [0.05, 0.1) is 18.8 Å². The van der Waals surface area contributed by atoms with Crippen LogP contribution in [0, 0.1) is 0 Å². The second-order valence-corrected chi connectivity index (χ2v) is 9.29. The molecule has 0 atom stereocenters. The summed E-state index contributed by atoms with van der Waals surface area (Å²) < 4.78 is 106. The number of nitrogens with zero attached hydrogens (tertiary/aromatic N) is 1. The van der Waals surface area contributed by atoms with Gasteiger partial charge in [-0.05, 0) is 26.0 Å². The third-order valence-electron chi connectivity index (χ3n) is 4.00. The number of carbonyl (C=O) groups is 1. The molecule has 0 aromatic carbocycles. The average Bonchev–Trinajstić information content (AvgIpc) is 2.60. The van der Waals surface area contributed by atoms with E-state index in [0.29, 0.717) is 0 Å². The third kappa shape index (κ3) is 5.32. The minimum absolute atomic E-state index is 0.277. The van der Waals surface area contributed by atoms with Crippen LogP contribution in [0.5, 0.6) is 0 Å². The Labute approximate surface area is 169 Å². The maximum Gasteiger partial charge on any atom is 0.475 e. The van der Waals surface area contributed by atoms with Gasteiger partial charge in [-0.15, -0.1) is 0 Å². The van der Waals surface area contributed by atoms with E-state index in [1.165, 1.54) is 26.1 Å². The highest BCUT2D eigenvalue weighted by Gasteiger charge is 2.79. The molecule has 1 rings (SSSR count). The molecule has 0 radical (unpaired) electrons. The van der Waals surface area contributed by atoms with Gasteiger partial charge in [-0.2, -0.15) is 26.3 Å². The van der Waals surface area contributed by atoms with Crippen LogP contribution in [0.4, 0.5) is 26.3 Å². The van der Waals surface area contributed by atoms with Crippen LogP contribution in [0.15, 0.2) is 24.5 Å². The number of pyridine rings is 1.